The lowest BCUT2D eigenvalue weighted by atomic mass is 9.83. The third kappa shape index (κ3) is 4.12. The summed E-state index contributed by atoms with van der Waals surface area (Å²) in [7, 11) is 0. The lowest BCUT2D eigenvalue weighted by Gasteiger charge is -2.31. The first-order valence-corrected chi connectivity index (χ1v) is 8.26. The van der Waals surface area contributed by atoms with E-state index in [4.69, 9.17) is 4.74 Å². The Balaban J connectivity index is 2.04. The standard InChI is InChI=1S/C15H20BrFOS/c16-13-6-5-12(17)9-14(13)18-10-15(11-19)7-3-1-2-4-8-15/h5-6,9,19H,1-4,7-8,10-11H2. The summed E-state index contributed by atoms with van der Waals surface area (Å²) in [6, 6.07) is 4.55. The number of benzene rings is 1. The maximum atomic E-state index is 13.2. The van der Waals surface area contributed by atoms with E-state index in [2.05, 4.69) is 28.6 Å². The van der Waals surface area contributed by atoms with Crippen molar-refractivity contribution in [1.82, 2.24) is 0 Å². The summed E-state index contributed by atoms with van der Waals surface area (Å²) in [6.45, 7) is 0.624. The quantitative estimate of drug-likeness (QED) is 0.579. The molecule has 1 aromatic carbocycles. The third-order valence-corrected chi connectivity index (χ3v) is 5.25. The molecule has 0 radical (unpaired) electrons. The van der Waals surface area contributed by atoms with Gasteiger partial charge in [-0.1, -0.05) is 25.7 Å². The maximum absolute atomic E-state index is 13.2. The highest BCUT2D eigenvalue weighted by atomic mass is 79.9. The number of ether oxygens (including phenoxy) is 1. The molecule has 0 aliphatic heterocycles. The Morgan fingerprint density at radius 3 is 2.53 bits per heavy atom. The van der Waals surface area contributed by atoms with Gasteiger partial charge in [0.05, 0.1) is 11.1 Å². The first-order chi connectivity index (χ1) is 9.15. The van der Waals surface area contributed by atoms with Crippen LogP contribution in [0.3, 0.4) is 0 Å². The number of hydrogen-bond acceptors (Lipinski definition) is 2. The molecule has 19 heavy (non-hydrogen) atoms. The molecule has 106 valence electrons. The molecule has 1 aromatic rings. The van der Waals surface area contributed by atoms with Crippen molar-refractivity contribution in [2.75, 3.05) is 12.4 Å². The fraction of sp³-hybridized carbons (Fsp3) is 0.600. The summed E-state index contributed by atoms with van der Waals surface area (Å²) in [4.78, 5) is 0. The van der Waals surface area contributed by atoms with Gasteiger partial charge in [0, 0.05) is 11.5 Å². The van der Waals surface area contributed by atoms with Crippen LogP contribution in [0.5, 0.6) is 5.75 Å². The zero-order valence-corrected chi connectivity index (χ0v) is 13.5. The molecule has 0 saturated heterocycles. The highest BCUT2D eigenvalue weighted by Crippen LogP contribution is 2.37. The predicted octanol–water partition coefficient (Wildman–Crippen LogP) is 5.24. The van der Waals surface area contributed by atoms with Crippen LogP contribution in [-0.4, -0.2) is 12.4 Å². The SMILES string of the molecule is Fc1ccc(Br)c(OCC2(CS)CCCCCC2)c1. The van der Waals surface area contributed by atoms with Gasteiger partial charge in [-0.25, -0.2) is 4.39 Å². The van der Waals surface area contributed by atoms with Crippen molar-refractivity contribution in [3.63, 3.8) is 0 Å². The molecule has 0 bridgehead atoms. The van der Waals surface area contributed by atoms with Crippen LogP contribution in [0.4, 0.5) is 4.39 Å². The molecule has 1 aliphatic rings. The molecule has 0 aromatic heterocycles. The zero-order chi connectivity index (χ0) is 13.7. The number of halogens is 2. The van der Waals surface area contributed by atoms with Crippen LogP contribution in [0.1, 0.15) is 38.5 Å². The van der Waals surface area contributed by atoms with Gasteiger partial charge in [0.15, 0.2) is 0 Å². The van der Waals surface area contributed by atoms with Gasteiger partial charge in [-0.05, 0) is 46.7 Å². The second-order valence-corrected chi connectivity index (χ2v) is 6.61. The molecule has 0 spiro atoms. The Hall–Kier alpha value is -0.220. The van der Waals surface area contributed by atoms with Crippen LogP contribution in [0.2, 0.25) is 0 Å². The number of rotatable bonds is 4. The first kappa shape index (κ1) is 15.2. The molecule has 0 atom stereocenters. The third-order valence-electron chi connectivity index (χ3n) is 3.93. The summed E-state index contributed by atoms with van der Waals surface area (Å²) >= 11 is 7.92. The average Bonchev–Trinajstić information content (AvgIpc) is 2.66. The van der Waals surface area contributed by atoms with E-state index in [1.54, 1.807) is 6.07 Å². The fourth-order valence-corrected chi connectivity index (χ4v) is 3.41. The molecule has 1 aliphatic carbocycles. The maximum Gasteiger partial charge on any atom is 0.136 e. The van der Waals surface area contributed by atoms with Crippen molar-refractivity contribution in [3.8, 4) is 5.75 Å². The van der Waals surface area contributed by atoms with Crippen LogP contribution in [0.15, 0.2) is 22.7 Å². The number of thiol groups is 1. The van der Waals surface area contributed by atoms with Gasteiger partial charge in [0.1, 0.15) is 11.6 Å². The zero-order valence-electron chi connectivity index (χ0n) is 11.0. The monoisotopic (exact) mass is 346 g/mol. The lowest BCUT2D eigenvalue weighted by molar-refractivity contribution is 0.147. The van der Waals surface area contributed by atoms with Gasteiger partial charge in [0.2, 0.25) is 0 Å². The van der Waals surface area contributed by atoms with Crippen molar-refractivity contribution < 1.29 is 9.13 Å². The van der Waals surface area contributed by atoms with Crippen LogP contribution in [0, 0.1) is 11.2 Å². The summed E-state index contributed by atoms with van der Waals surface area (Å²) < 4.78 is 19.9. The first-order valence-electron chi connectivity index (χ1n) is 6.84. The van der Waals surface area contributed by atoms with Crippen LogP contribution < -0.4 is 4.74 Å². The molecule has 4 heteroatoms. The van der Waals surface area contributed by atoms with Crippen molar-refractivity contribution in [1.29, 1.82) is 0 Å². The van der Waals surface area contributed by atoms with E-state index in [9.17, 15) is 4.39 Å². The Kier molecular flexibility index (Phi) is 5.58. The smallest absolute Gasteiger partial charge is 0.136 e. The van der Waals surface area contributed by atoms with Crippen LogP contribution in [-0.2, 0) is 0 Å². The van der Waals surface area contributed by atoms with Gasteiger partial charge in [-0.3, -0.25) is 0 Å². The van der Waals surface area contributed by atoms with E-state index in [1.807, 2.05) is 0 Å². The topological polar surface area (TPSA) is 9.23 Å². The predicted molar refractivity (Wildman–Crippen MR) is 83.6 cm³/mol. The summed E-state index contributed by atoms with van der Waals surface area (Å²) in [5, 5.41) is 0. The fourth-order valence-electron chi connectivity index (χ4n) is 2.65. The van der Waals surface area contributed by atoms with Gasteiger partial charge < -0.3 is 4.74 Å². The molecule has 0 unspecified atom stereocenters. The molecule has 1 nitrogen and oxygen atoms in total. The van der Waals surface area contributed by atoms with Crippen molar-refractivity contribution in [2.24, 2.45) is 5.41 Å². The largest absolute Gasteiger partial charge is 0.492 e. The van der Waals surface area contributed by atoms with E-state index in [0.717, 1.165) is 23.1 Å². The van der Waals surface area contributed by atoms with Crippen molar-refractivity contribution >= 4 is 28.6 Å². The Bertz CT molecular complexity index is 417. The van der Waals surface area contributed by atoms with Gasteiger partial charge in [-0.2, -0.15) is 12.6 Å². The molecule has 1 saturated carbocycles. The van der Waals surface area contributed by atoms with Gasteiger partial charge in [0.25, 0.3) is 0 Å². The molecular weight excluding hydrogens is 327 g/mol. The second-order valence-electron chi connectivity index (χ2n) is 5.44. The van der Waals surface area contributed by atoms with Gasteiger partial charge in [-0.15, -0.1) is 0 Å². The summed E-state index contributed by atoms with van der Waals surface area (Å²) in [5.74, 6) is 1.16. The molecular formula is C15H20BrFOS. The van der Waals surface area contributed by atoms with Crippen molar-refractivity contribution in [3.05, 3.63) is 28.5 Å². The minimum atomic E-state index is -0.265. The van der Waals surface area contributed by atoms with Gasteiger partial charge >= 0.3 is 0 Å². The number of hydrogen-bond donors (Lipinski definition) is 1. The average molecular weight is 347 g/mol. The molecule has 2 rings (SSSR count). The van der Waals surface area contributed by atoms with Crippen LogP contribution >= 0.6 is 28.6 Å². The van der Waals surface area contributed by atoms with E-state index >= 15 is 0 Å². The molecule has 0 N–H and O–H groups in total. The highest BCUT2D eigenvalue weighted by Gasteiger charge is 2.30. The second kappa shape index (κ2) is 6.98. The Morgan fingerprint density at radius 1 is 1.21 bits per heavy atom. The molecule has 1 fully saturated rings. The Labute approximate surface area is 128 Å². The van der Waals surface area contributed by atoms with Crippen molar-refractivity contribution in [2.45, 2.75) is 38.5 Å². The highest BCUT2D eigenvalue weighted by molar-refractivity contribution is 9.10. The lowest BCUT2D eigenvalue weighted by Crippen LogP contribution is -2.30. The minimum absolute atomic E-state index is 0.144. The Morgan fingerprint density at radius 2 is 1.89 bits per heavy atom. The van der Waals surface area contributed by atoms with Crippen LogP contribution in [0.25, 0.3) is 0 Å². The minimum Gasteiger partial charge on any atom is -0.492 e. The summed E-state index contributed by atoms with van der Waals surface area (Å²) in [5.41, 5.74) is 0.144. The van der Waals surface area contributed by atoms with E-state index in [-0.39, 0.29) is 11.2 Å². The van der Waals surface area contributed by atoms with E-state index < -0.39 is 0 Å². The summed E-state index contributed by atoms with van der Waals surface area (Å²) in [6.07, 6.45) is 7.41. The normalized spacial score (nSPS) is 18.9. The van der Waals surface area contributed by atoms with E-state index in [1.165, 1.54) is 37.8 Å². The molecule has 0 heterocycles. The van der Waals surface area contributed by atoms with E-state index in [0.29, 0.717) is 12.4 Å². The molecule has 0 amide bonds.